The zero-order chi connectivity index (χ0) is 20.8. The number of piperazine rings is 1. The molecule has 0 aliphatic carbocycles. The van der Waals surface area contributed by atoms with Crippen molar-refractivity contribution < 1.29 is 19.6 Å². The first kappa shape index (κ1) is 20.3. The number of hydrogen-bond acceptors (Lipinski definition) is 6. The van der Waals surface area contributed by atoms with E-state index in [0.717, 1.165) is 0 Å². The fraction of sp³-hybridized carbons (Fsp3) is 0.286. The van der Waals surface area contributed by atoms with Crippen molar-refractivity contribution in [3.63, 3.8) is 0 Å². The lowest BCUT2D eigenvalue weighted by atomic mass is 10.0. The molecule has 1 saturated heterocycles. The molecule has 8 nitrogen and oxygen atoms in total. The van der Waals surface area contributed by atoms with E-state index >= 15 is 0 Å². The predicted molar refractivity (Wildman–Crippen MR) is 107 cm³/mol. The molecule has 2 heterocycles. The fourth-order valence-electron chi connectivity index (χ4n) is 3.47. The van der Waals surface area contributed by atoms with Crippen molar-refractivity contribution in [2.45, 2.75) is 13.0 Å². The van der Waals surface area contributed by atoms with Gasteiger partial charge in [0, 0.05) is 55.8 Å². The molecule has 1 aromatic rings. The van der Waals surface area contributed by atoms with Crippen molar-refractivity contribution in [1.82, 2.24) is 20.6 Å². The summed E-state index contributed by atoms with van der Waals surface area (Å²) < 4.78 is 0. The molecule has 0 spiro atoms. The highest BCUT2D eigenvalue weighted by molar-refractivity contribution is 6.43. The Bertz CT molecular complexity index is 876. The van der Waals surface area contributed by atoms with E-state index in [2.05, 4.69) is 5.32 Å². The summed E-state index contributed by atoms with van der Waals surface area (Å²) in [7, 11) is 0. The van der Waals surface area contributed by atoms with Gasteiger partial charge in [0.05, 0.1) is 0 Å². The average Bonchev–Trinajstić information content (AvgIpc) is 3.21. The molecular formula is C21H24N4O4. The molecule has 1 atom stereocenters. The molecule has 3 N–H and O–H groups in total. The van der Waals surface area contributed by atoms with E-state index in [9.17, 15) is 14.4 Å². The van der Waals surface area contributed by atoms with Crippen LogP contribution in [0.5, 0.6) is 0 Å². The number of carbonyl (C=O) groups is 3. The normalized spacial score (nSPS) is 20.6. The van der Waals surface area contributed by atoms with Gasteiger partial charge in [-0.3, -0.25) is 25.1 Å². The van der Waals surface area contributed by atoms with E-state index < -0.39 is 11.7 Å². The quantitative estimate of drug-likeness (QED) is 0.504. The van der Waals surface area contributed by atoms with Gasteiger partial charge < -0.3 is 15.1 Å². The number of benzene rings is 1. The summed E-state index contributed by atoms with van der Waals surface area (Å²) >= 11 is 0. The topological polar surface area (TPSA) is 102 Å². The Hall–Kier alpha value is -3.39. The van der Waals surface area contributed by atoms with Crippen LogP contribution in [0.4, 0.5) is 0 Å². The van der Waals surface area contributed by atoms with Gasteiger partial charge in [0.2, 0.25) is 0 Å². The SMILES string of the molecule is C[C@@H]1CN(C(=O)c2ccccc2)CCN1C(=O)C(=O)C1=CNC/C1=C\C=C/NO. The molecule has 0 radical (unpaired) electrons. The highest BCUT2D eigenvalue weighted by Crippen LogP contribution is 2.19. The summed E-state index contributed by atoms with van der Waals surface area (Å²) in [5, 5.41) is 11.5. The number of allylic oxidation sites excluding steroid dienone is 2. The Morgan fingerprint density at radius 3 is 2.66 bits per heavy atom. The Morgan fingerprint density at radius 1 is 1.21 bits per heavy atom. The predicted octanol–water partition coefficient (Wildman–Crippen LogP) is 0.835. The van der Waals surface area contributed by atoms with Crippen LogP contribution >= 0.6 is 0 Å². The van der Waals surface area contributed by atoms with Crippen molar-refractivity contribution in [2.75, 3.05) is 26.2 Å². The molecule has 0 bridgehead atoms. The smallest absolute Gasteiger partial charge is 0.295 e. The minimum Gasteiger partial charge on any atom is -0.386 e. The number of hydroxylamine groups is 1. The summed E-state index contributed by atoms with van der Waals surface area (Å²) in [4.78, 5) is 41.5. The van der Waals surface area contributed by atoms with Gasteiger partial charge in [-0.1, -0.05) is 24.3 Å². The molecule has 3 rings (SSSR count). The molecule has 2 aliphatic rings. The molecule has 152 valence electrons. The zero-order valence-electron chi connectivity index (χ0n) is 16.2. The number of rotatable bonds is 5. The van der Waals surface area contributed by atoms with Crippen molar-refractivity contribution in [2.24, 2.45) is 0 Å². The fourth-order valence-corrected chi connectivity index (χ4v) is 3.47. The van der Waals surface area contributed by atoms with E-state index in [4.69, 9.17) is 5.21 Å². The van der Waals surface area contributed by atoms with Gasteiger partial charge in [-0.15, -0.1) is 0 Å². The molecule has 2 amide bonds. The Balaban J connectivity index is 1.65. The lowest BCUT2D eigenvalue weighted by Crippen LogP contribution is -2.57. The second-order valence-electron chi connectivity index (χ2n) is 6.91. The second kappa shape index (κ2) is 9.20. The first-order valence-corrected chi connectivity index (χ1v) is 9.41. The number of ketones is 1. The van der Waals surface area contributed by atoms with Crippen LogP contribution in [0.2, 0.25) is 0 Å². The largest absolute Gasteiger partial charge is 0.386 e. The van der Waals surface area contributed by atoms with Crippen molar-refractivity contribution in [1.29, 1.82) is 0 Å². The van der Waals surface area contributed by atoms with Crippen molar-refractivity contribution in [3.8, 4) is 0 Å². The van der Waals surface area contributed by atoms with Gasteiger partial charge in [-0.05, 0) is 30.7 Å². The number of nitrogens with one attached hydrogen (secondary N) is 2. The van der Waals surface area contributed by atoms with Crippen LogP contribution in [0.15, 0.2) is 66.0 Å². The van der Waals surface area contributed by atoms with Crippen molar-refractivity contribution in [3.05, 3.63) is 71.6 Å². The molecular weight excluding hydrogens is 372 g/mol. The molecule has 2 aliphatic heterocycles. The molecule has 0 saturated carbocycles. The number of hydrogen-bond donors (Lipinski definition) is 3. The summed E-state index contributed by atoms with van der Waals surface area (Å²) in [6.07, 6.45) is 6.04. The van der Waals surface area contributed by atoms with Crippen LogP contribution in [-0.2, 0) is 9.59 Å². The molecule has 1 aromatic carbocycles. The third-order valence-electron chi connectivity index (χ3n) is 4.99. The standard InChI is InChI=1S/C21H24N4O4/c1-15-14-24(20(27)16-6-3-2-4-7-16)10-11-25(15)21(28)19(26)18-13-22-12-17(18)8-5-9-23-29/h2-9,13,15,22-23,29H,10-12,14H2,1H3/b9-5-,17-8+/t15-/m1/s1. The molecule has 8 heteroatoms. The maximum atomic E-state index is 12.8. The highest BCUT2D eigenvalue weighted by atomic mass is 16.5. The Labute approximate surface area is 169 Å². The monoisotopic (exact) mass is 396 g/mol. The second-order valence-corrected chi connectivity index (χ2v) is 6.91. The summed E-state index contributed by atoms with van der Waals surface area (Å²) in [5.41, 5.74) is 3.47. The number of amides is 2. The van der Waals surface area contributed by atoms with Gasteiger partial charge in [0.1, 0.15) is 0 Å². The minimum absolute atomic E-state index is 0.0759. The Kier molecular flexibility index (Phi) is 6.46. The summed E-state index contributed by atoms with van der Waals surface area (Å²) in [5.74, 6) is -1.23. The van der Waals surface area contributed by atoms with E-state index in [1.807, 2.05) is 30.6 Å². The van der Waals surface area contributed by atoms with E-state index in [0.29, 0.717) is 42.9 Å². The van der Waals surface area contributed by atoms with Gasteiger partial charge >= 0.3 is 0 Å². The van der Waals surface area contributed by atoms with Crippen LogP contribution < -0.4 is 10.8 Å². The first-order valence-electron chi connectivity index (χ1n) is 9.41. The highest BCUT2D eigenvalue weighted by Gasteiger charge is 2.35. The van der Waals surface area contributed by atoms with Gasteiger partial charge in [0.25, 0.3) is 17.6 Å². The van der Waals surface area contributed by atoms with Crippen LogP contribution in [0.1, 0.15) is 17.3 Å². The molecule has 0 aromatic heterocycles. The van der Waals surface area contributed by atoms with E-state index in [1.54, 1.807) is 29.2 Å². The third kappa shape index (κ3) is 4.55. The number of nitrogens with zero attached hydrogens (tertiary/aromatic N) is 2. The van der Waals surface area contributed by atoms with Crippen molar-refractivity contribution >= 4 is 17.6 Å². The Morgan fingerprint density at radius 2 is 1.97 bits per heavy atom. The lowest BCUT2D eigenvalue weighted by Gasteiger charge is -2.39. The number of carbonyl (C=O) groups excluding carboxylic acids is 3. The third-order valence-corrected chi connectivity index (χ3v) is 4.99. The molecule has 0 unspecified atom stereocenters. The maximum Gasteiger partial charge on any atom is 0.295 e. The molecule has 29 heavy (non-hydrogen) atoms. The van der Waals surface area contributed by atoms with Crippen LogP contribution in [0, 0.1) is 0 Å². The van der Waals surface area contributed by atoms with Gasteiger partial charge in [0.15, 0.2) is 0 Å². The minimum atomic E-state index is -0.582. The zero-order valence-corrected chi connectivity index (χ0v) is 16.2. The summed E-state index contributed by atoms with van der Waals surface area (Å²) in [6.45, 7) is 3.32. The summed E-state index contributed by atoms with van der Waals surface area (Å²) in [6, 6.07) is 8.75. The average molecular weight is 396 g/mol. The maximum absolute atomic E-state index is 12.8. The molecule has 1 fully saturated rings. The van der Waals surface area contributed by atoms with Gasteiger partial charge in [-0.2, -0.15) is 0 Å². The van der Waals surface area contributed by atoms with Crippen LogP contribution in [0.3, 0.4) is 0 Å². The first-order chi connectivity index (χ1) is 14.0. The number of Topliss-reactive ketones (excluding diaryl/α,β-unsaturated/α-hetero) is 1. The van der Waals surface area contributed by atoms with E-state index in [-0.39, 0.29) is 11.9 Å². The van der Waals surface area contributed by atoms with E-state index in [1.165, 1.54) is 17.3 Å². The van der Waals surface area contributed by atoms with Crippen LogP contribution in [0.25, 0.3) is 0 Å². The van der Waals surface area contributed by atoms with Gasteiger partial charge in [-0.25, -0.2) is 0 Å². The van der Waals surface area contributed by atoms with Crippen LogP contribution in [-0.4, -0.2) is 64.8 Å². The lowest BCUT2D eigenvalue weighted by molar-refractivity contribution is -0.145.